The number of benzene rings is 1. The van der Waals surface area contributed by atoms with Crippen molar-refractivity contribution in [2.75, 3.05) is 0 Å². The van der Waals surface area contributed by atoms with Gasteiger partial charge in [-0.3, -0.25) is 0 Å². The zero-order valence-corrected chi connectivity index (χ0v) is 27.3. The summed E-state index contributed by atoms with van der Waals surface area (Å²) in [5.41, 5.74) is 4.74. The molecule has 0 N–H and O–H groups in total. The Morgan fingerprint density at radius 3 is 1.74 bits per heavy atom. The summed E-state index contributed by atoms with van der Waals surface area (Å²) in [4.78, 5) is 0. The van der Waals surface area contributed by atoms with Crippen LogP contribution in [-0.2, 0) is 33.3 Å². The molecule has 0 nitrogen and oxygen atoms in total. The summed E-state index contributed by atoms with van der Waals surface area (Å²) < 4.78 is 0.214. The van der Waals surface area contributed by atoms with Gasteiger partial charge in [0.15, 0.2) is 0 Å². The molecule has 0 saturated carbocycles. The third kappa shape index (κ3) is 10.1. The molecule has 0 radical (unpaired) electrons. The Morgan fingerprint density at radius 1 is 0.794 bits per heavy atom. The molecule has 0 heterocycles. The fourth-order valence-corrected chi connectivity index (χ4v) is 8.34. The second kappa shape index (κ2) is 17.9. The molecule has 0 aromatic heterocycles. The van der Waals surface area contributed by atoms with Crippen molar-refractivity contribution in [3.8, 4) is 0 Å². The SMILES string of the molecule is CCCCCCc1cc(CCCCCC)cc([Si](C)(C)[C]2([Ti+3])C=CC(C(C)CC)=C2)c1.[Cl-].[Cl-].[Cl-]. The van der Waals surface area contributed by atoms with Gasteiger partial charge in [-0.2, -0.15) is 0 Å². The smallest absolute Gasteiger partial charge is 1.00 e. The van der Waals surface area contributed by atoms with Crippen molar-refractivity contribution < 1.29 is 57.7 Å². The normalized spacial score (nSPS) is 17.9. The van der Waals surface area contributed by atoms with Crippen LogP contribution in [0.15, 0.2) is 42.0 Å². The van der Waals surface area contributed by atoms with E-state index < -0.39 is 8.07 Å². The molecular formula is C29H47Cl3SiTi. The van der Waals surface area contributed by atoms with E-state index in [0.29, 0.717) is 5.92 Å². The summed E-state index contributed by atoms with van der Waals surface area (Å²) >= 11 is 2.50. The van der Waals surface area contributed by atoms with Gasteiger partial charge in [-0.15, -0.1) is 0 Å². The van der Waals surface area contributed by atoms with Gasteiger partial charge in [0.25, 0.3) is 0 Å². The minimum atomic E-state index is -1.71. The molecule has 0 saturated heterocycles. The van der Waals surface area contributed by atoms with Gasteiger partial charge in [0.05, 0.1) is 0 Å². The molecule has 192 valence electrons. The van der Waals surface area contributed by atoms with Crippen LogP contribution in [0.4, 0.5) is 0 Å². The van der Waals surface area contributed by atoms with E-state index in [4.69, 9.17) is 0 Å². The standard InChI is InChI=1S/C29H47Si.3ClH.Ti/c1-7-10-12-14-16-25-20-26(17-15-13-11-8-2)22-29(21-25)30(5,6)28-19-18-27(23-28)24(4)9-3;;;;/h18-24H,7-17H2,1-6H3;3*1H;/q;;;;+3/p-3. The second-order valence-corrected chi connectivity index (χ2v) is 17.2. The van der Waals surface area contributed by atoms with Crippen molar-refractivity contribution in [3.63, 3.8) is 0 Å². The zero-order valence-electron chi connectivity index (χ0n) is 22.5. The predicted octanol–water partition coefficient (Wildman–Crippen LogP) is -0.353. The first-order valence-corrected chi connectivity index (χ1v) is 16.9. The number of allylic oxidation sites excluding steroid dienone is 4. The monoisotopic (exact) mass is 576 g/mol. The maximum Gasteiger partial charge on any atom is -1.00 e. The van der Waals surface area contributed by atoms with Crippen molar-refractivity contribution in [2.24, 2.45) is 5.92 Å². The van der Waals surface area contributed by atoms with Crippen LogP contribution in [0.1, 0.15) is 96.6 Å². The van der Waals surface area contributed by atoms with E-state index in [1.807, 2.05) is 0 Å². The third-order valence-electron chi connectivity index (χ3n) is 7.56. The van der Waals surface area contributed by atoms with Crippen molar-refractivity contribution >= 4 is 13.3 Å². The van der Waals surface area contributed by atoms with Crippen LogP contribution < -0.4 is 42.4 Å². The number of hydrogen-bond donors (Lipinski definition) is 0. The van der Waals surface area contributed by atoms with Gasteiger partial charge in [0, 0.05) is 0 Å². The Hall–Kier alpha value is 0.501. The van der Waals surface area contributed by atoms with Crippen molar-refractivity contribution in [2.45, 2.75) is 115 Å². The molecule has 5 heteroatoms. The van der Waals surface area contributed by atoms with Crippen LogP contribution in [0.2, 0.25) is 16.4 Å². The molecule has 1 aliphatic carbocycles. The molecule has 0 spiro atoms. The molecule has 2 unspecified atom stereocenters. The fourth-order valence-electron chi connectivity index (χ4n) is 4.68. The van der Waals surface area contributed by atoms with E-state index in [0.717, 1.165) is 0 Å². The summed E-state index contributed by atoms with van der Waals surface area (Å²) in [6, 6.07) is 7.74. The van der Waals surface area contributed by atoms with Gasteiger partial charge in [-0.25, -0.2) is 0 Å². The van der Waals surface area contributed by atoms with Crippen molar-refractivity contribution in [3.05, 3.63) is 53.1 Å². The largest absolute Gasteiger partial charge is 1.00 e. The first-order valence-electron chi connectivity index (χ1n) is 13.1. The fraction of sp³-hybridized carbons (Fsp3) is 0.655. The Morgan fingerprint density at radius 2 is 1.29 bits per heavy atom. The van der Waals surface area contributed by atoms with Crippen LogP contribution in [0.3, 0.4) is 0 Å². The van der Waals surface area contributed by atoms with Crippen LogP contribution in [-0.4, -0.2) is 8.07 Å². The van der Waals surface area contributed by atoms with E-state index in [1.54, 1.807) is 21.9 Å². The summed E-state index contributed by atoms with van der Waals surface area (Å²) in [6.07, 6.45) is 22.1. The molecule has 1 aromatic rings. The molecule has 1 aliphatic rings. The van der Waals surface area contributed by atoms with Gasteiger partial charge in [-0.05, 0) is 0 Å². The van der Waals surface area contributed by atoms with E-state index in [-0.39, 0.29) is 40.6 Å². The maximum absolute atomic E-state index is 2.63. The number of unbranched alkanes of at least 4 members (excludes halogenated alkanes) is 6. The molecule has 2 atom stereocenters. The maximum atomic E-state index is 2.63. The van der Waals surface area contributed by atoms with Gasteiger partial charge >= 0.3 is 208 Å². The van der Waals surface area contributed by atoms with Crippen LogP contribution in [0, 0.1) is 5.92 Å². The second-order valence-electron chi connectivity index (χ2n) is 10.4. The van der Waals surface area contributed by atoms with Gasteiger partial charge in [0.2, 0.25) is 0 Å². The molecule has 0 amide bonds. The Labute approximate surface area is 243 Å². The number of hydrogen-bond acceptors (Lipinski definition) is 0. The first-order chi connectivity index (χ1) is 14.8. The molecule has 0 bridgehead atoms. The molecule has 34 heavy (non-hydrogen) atoms. The van der Waals surface area contributed by atoms with E-state index in [9.17, 15) is 0 Å². The average molecular weight is 578 g/mol. The molecule has 1 aromatic carbocycles. The summed E-state index contributed by atoms with van der Waals surface area (Å²) in [7, 11) is -1.71. The number of rotatable bonds is 14. The van der Waals surface area contributed by atoms with E-state index in [1.165, 1.54) is 70.6 Å². The topological polar surface area (TPSA) is 0 Å². The predicted molar refractivity (Wildman–Crippen MR) is 139 cm³/mol. The first kappa shape index (κ1) is 36.7. The van der Waals surface area contributed by atoms with Gasteiger partial charge in [-0.1, -0.05) is 0 Å². The number of halogens is 3. The van der Waals surface area contributed by atoms with E-state index in [2.05, 4.69) is 97.7 Å². The van der Waals surface area contributed by atoms with E-state index >= 15 is 0 Å². The van der Waals surface area contributed by atoms with Crippen molar-refractivity contribution in [1.29, 1.82) is 0 Å². The number of aryl methyl sites for hydroxylation is 2. The zero-order chi connectivity index (χ0) is 22.9. The third-order valence-corrected chi connectivity index (χ3v) is 15.1. The average Bonchev–Trinajstić information content (AvgIpc) is 3.17. The summed E-state index contributed by atoms with van der Waals surface area (Å²) in [5, 5.41) is 1.67. The van der Waals surface area contributed by atoms with Crippen LogP contribution >= 0.6 is 0 Å². The Kier molecular flexibility index (Phi) is 19.3. The minimum absolute atomic E-state index is 0. The Balaban J connectivity index is 0. The quantitative estimate of drug-likeness (QED) is 0.210. The van der Waals surface area contributed by atoms with Crippen LogP contribution in [0.5, 0.6) is 0 Å². The van der Waals surface area contributed by atoms with Crippen molar-refractivity contribution in [1.82, 2.24) is 0 Å². The molecular weight excluding hydrogens is 531 g/mol. The van der Waals surface area contributed by atoms with Gasteiger partial charge < -0.3 is 37.2 Å². The molecule has 0 fully saturated rings. The molecule has 2 rings (SSSR count). The van der Waals surface area contributed by atoms with Gasteiger partial charge in [0.1, 0.15) is 0 Å². The van der Waals surface area contributed by atoms with Crippen LogP contribution in [0.25, 0.3) is 0 Å². The summed E-state index contributed by atoms with van der Waals surface area (Å²) in [6.45, 7) is 14.5. The Bertz CT molecular complexity index is 729. The summed E-state index contributed by atoms with van der Waals surface area (Å²) in [5.74, 6) is 0.668. The molecule has 0 aliphatic heterocycles. The minimum Gasteiger partial charge on any atom is -1.00 e.